The van der Waals surface area contributed by atoms with E-state index in [9.17, 15) is 23.1 Å². The smallest absolute Gasteiger partial charge is 0.264 e. The summed E-state index contributed by atoms with van der Waals surface area (Å²) in [6.45, 7) is 1.79. The van der Waals surface area contributed by atoms with Gasteiger partial charge in [-0.2, -0.15) is 0 Å². The van der Waals surface area contributed by atoms with E-state index in [1.165, 1.54) is 23.0 Å². The summed E-state index contributed by atoms with van der Waals surface area (Å²) in [6.07, 6.45) is 4.73. The van der Waals surface area contributed by atoms with Crippen LogP contribution in [0.3, 0.4) is 0 Å². The van der Waals surface area contributed by atoms with E-state index >= 15 is 0 Å². The number of nitrogens with zero attached hydrogens (tertiary/aromatic N) is 1. The molecule has 1 heterocycles. The monoisotopic (exact) mass is 478 g/mol. The van der Waals surface area contributed by atoms with Gasteiger partial charge in [-0.25, -0.2) is 13.9 Å². The van der Waals surface area contributed by atoms with Gasteiger partial charge in [0.2, 0.25) is 0 Å². The summed E-state index contributed by atoms with van der Waals surface area (Å²) in [5.74, 6) is 0.218. The molecule has 1 fully saturated rings. The number of aliphatic hydroxyl groups excluding tert-OH is 1. The number of sulfone groups is 1. The van der Waals surface area contributed by atoms with Gasteiger partial charge in [0.15, 0.2) is 14.6 Å². The van der Waals surface area contributed by atoms with Gasteiger partial charge in [0.25, 0.3) is 11.5 Å². The van der Waals surface area contributed by atoms with E-state index in [1.807, 2.05) is 24.3 Å². The summed E-state index contributed by atoms with van der Waals surface area (Å²) in [4.78, 5) is 24.5. The summed E-state index contributed by atoms with van der Waals surface area (Å²) in [7, 11) is -3.84. The van der Waals surface area contributed by atoms with Gasteiger partial charge in [-0.05, 0) is 67.9 Å². The number of hydrogen-bond donors (Lipinski definition) is 3. The molecule has 10 heteroatoms. The zero-order chi connectivity index (χ0) is 24.2. The van der Waals surface area contributed by atoms with Crippen LogP contribution in [0.1, 0.15) is 32.6 Å². The molecule has 0 aliphatic heterocycles. The first-order valence-electron chi connectivity index (χ1n) is 10.8. The summed E-state index contributed by atoms with van der Waals surface area (Å²) in [5, 5.41) is 18.2. The highest BCUT2D eigenvalue weighted by atomic mass is 32.2. The average molecular weight is 479 g/mol. The molecule has 0 radical (unpaired) electrons. The number of aromatic nitrogens is 1. The number of benzene rings is 1. The Bertz CT molecular complexity index is 1140. The minimum Gasteiger partial charge on any atom is -0.494 e. The molecular formula is C23H30N2O7S. The van der Waals surface area contributed by atoms with Crippen molar-refractivity contribution in [3.8, 4) is 16.9 Å². The number of carbonyl (C=O) groups is 1. The van der Waals surface area contributed by atoms with Crippen molar-refractivity contribution in [3.05, 3.63) is 52.9 Å². The first-order valence-corrected chi connectivity index (χ1v) is 12.7. The number of hydroxylamine groups is 1. The second-order valence-corrected chi connectivity index (χ2v) is 11.2. The second-order valence-electron chi connectivity index (χ2n) is 8.79. The quantitative estimate of drug-likeness (QED) is 0.350. The van der Waals surface area contributed by atoms with Gasteiger partial charge >= 0.3 is 0 Å². The lowest BCUT2D eigenvalue weighted by Crippen LogP contribution is -2.49. The van der Waals surface area contributed by atoms with Gasteiger partial charge in [0.05, 0.1) is 12.7 Å². The molecule has 2 aromatic rings. The van der Waals surface area contributed by atoms with Gasteiger partial charge in [-0.15, -0.1) is 0 Å². The van der Waals surface area contributed by atoms with Crippen molar-refractivity contribution < 1.29 is 28.3 Å². The van der Waals surface area contributed by atoms with E-state index < -0.39 is 20.5 Å². The van der Waals surface area contributed by atoms with Crippen LogP contribution in [0.25, 0.3) is 11.1 Å². The lowest BCUT2D eigenvalue weighted by Gasteiger charge is -2.31. The topological polar surface area (TPSA) is 135 Å². The fourth-order valence-electron chi connectivity index (χ4n) is 3.81. The van der Waals surface area contributed by atoms with Crippen LogP contribution in [0.15, 0.2) is 47.4 Å². The van der Waals surface area contributed by atoms with Crippen LogP contribution in [0.4, 0.5) is 0 Å². The van der Waals surface area contributed by atoms with Crippen LogP contribution in [0.5, 0.6) is 5.75 Å². The van der Waals surface area contributed by atoms with Crippen LogP contribution < -0.4 is 15.8 Å². The number of ether oxygens (including phenoxy) is 1. The Morgan fingerprint density at radius 3 is 2.42 bits per heavy atom. The number of pyridine rings is 1. The van der Waals surface area contributed by atoms with Crippen LogP contribution >= 0.6 is 0 Å². The first-order chi connectivity index (χ1) is 15.5. The van der Waals surface area contributed by atoms with Crippen molar-refractivity contribution in [2.45, 2.75) is 50.0 Å². The third-order valence-electron chi connectivity index (χ3n) is 6.42. The molecule has 1 unspecified atom stereocenters. The van der Waals surface area contributed by atoms with E-state index in [1.54, 1.807) is 12.3 Å². The molecule has 180 valence electrons. The normalized spacial score (nSPS) is 19.9. The van der Waals surface area contributed by atoms with Crippen LogP contribution in [0.2, 0.25) is 0 Å². The largest absolute Gasteiger partial charge is 0.494 e. The zero-order valence-corrected chi connectivity index (χ0v) is 19.5. The zero-order valence-electron chi connectivity index (χ0n) is 18.7. The Morgan fingerprint density at radius 2 is 1.88 bits per heavy atom. The molecule has 1 aromatic carbocycles. The molecule has 0 bridgehead atoms. The van der Waals surface area contributed by atoms with Gasteiger partial charge in [0, 0.05) is 25.1 Å². The molecule has 1 aliphatic carbocycles. The van der Waals surface area contributed by atoms with Crippen LogP contribution in [-0.2, 0) is 21.2 Å². The van der Waals surface area contributed by atoms with Crippen molar-refractivity contribution in [1.82, 2.24) is 10.0 Å². The van der Waals surface area contributed by atoms with E-state index in [0.717, 1.165) is 36.8 Å². The third kappa shape index (κ3) is 5.82. The summed E-state index contributed by atoms with van der Waals surface area (Å²) < 4.78 is 29.4. The maximum absolute atomic E-state index is 12.6. The van der Waals surface area contributed by atoms with Crippen LogP contribution in [0, 0.1) is 5.92 Å². The lowest BCUT2D eigenvalue weighted by atomic mass is 9.80. The Morgan fingerprint density at radius 1 is 1.21 bits per heavy atom. The summed E-state index contributed by atoms with van der Waals surface area (Å²) in [5.41, 5.74) is 2.59. The minimum absolute atomic E-state index is 0.0130. The van der Waals surface area contributed by atoms with E-state index in [4.69, 9.17) is 9.94 Å². The van der Waals surface area contributed by atoms with E-state index in [2.05, 4.69) is 0 Å². The van der Waals surface area contributed by atoms with Gasteiger partial charge in [0.1, 0.15) is 5.75 Å². The first kappa shape index (κ1) is 24.9. The molecule has 9 nitrogen and oxygen atoms in total. The molecule has 1 aromatic heterocycles. The maximum atomic E-state index is 12.6. The van der Waals surface area contributed by atoms with E-state index in [-0.39, 0.29) is 24.6 Å². The molecule has 33 heavy (non-hydrogen) atoms. The SMILES string of the molecule is CC(CCn1ccc(-c2ccc(OCCC3CC(O)C3)cc2)cc1=O)(C(=O)NO)S(C)(=O)=O. The van der Waals surface area contributed by atoms with Crippen molar-refractivity contribution in [3.63, 3.8) is 0 Å². The number of carbonyl (C=O) groups excluding carboxylic acids is 1. The highest BCUT2D eigenvalue weighted by Crippen LogP contribution is 2.30. The Labute approximate surface area is 192 Å². The van der Waals surface area contributed by atoms with Crippen LogP contribution in [-0.4, -0.2) is 52.9 Å². The number of hydrogen-bond acceptors (Lipinski definition) is 7. The van der Waals surface area contributed by atoms with E-state index in [0.29, 0.717) is 18.1 Å². The fourth-order valence-corrected chi connectivity index (χ4v) is 4.66. The lowest BCUT2D eigenvalue weighted by molar-refractivity contribution is -0.131. The van der Waals surface area contributed by atoms with Gasteiger partial charge in [-0.3, -0.25) is 14.8 Å². The van der Waals surface area contributed by atoms with Crippen molar-refractivity contribution in [1.29, 1.82) is 0 Å². The van der Waals surface area contributed by atoms with Gasteiger partial charge in [-0.1, -0.05) is 12.1 Å². The number of nitrogens with one attached hydrogen (secondary N) is 1. The molecule has 1 atom stereocenters. The number of rotatable bonds is 10. The molecule has 0 saturated heterocycles. The predicted octanol–water partition coefficient (Wildman–Crippen LogP) is 1.75. The standard InChI is InChI=1S/C23H30N2O7S/c1-23(22(28)24-29,33(2,30)31)9-11-25-10-7-18(15-21(25)27)17-3-5-20(6-4-17)32-12-8-16-13-19(26)14-16/h3-7,10,15-16,19,26,29H,8-9,11-14H2,1-2H3,(H,24,28). The molecule has 3 rings (SSSR count). The molecule has 1 aliphatic rings. The maximum Gasteiger partial charge on any atom is 0.264 e. The number of amides is 1. The number of aryl methyl sites for hydroxylation is 1. The molecule has 1 saturated carbocycles. The van der Waals surface area contributed by atoms with Crippen molar-refractivity contribution in [2.24, 2.45) is 5.92 Å². The third-order valence-corrected chi connectivity index (χ3v) is 8.45. The van der Waals surface area contributed by atoms with Crippen molar-refractivity contribution in [2.75, 3.05) is 12.9 Å². The highest BCUT2D eigenvalue weighted by molar-refractivity contribution is 7.92. The molecular weight excluding hydrogens is 448 g/mol. The number of aliphatic hydroxyl groups is 1. The molecule has 0 spiro atoms. The second kappa shape index (κ2) is 10.1. The minimum atomic E-state index is -3.84. The summed E-state index contributed by atoms with van der Waals surface area (Å²) >= 11 is 0. The Kier molecular flexibility index (Phi) is 7.61. The van der Waals surface area contributed by atoms with Gasteiger partial charge < -0.3 is 14.4 Å². The Balaban J connectivity index is 1.63. The fraction of sp³-hybridized carbons (Fsp3) is 0.478. The average Bonchev–Trinajstić information content (AvgIpc) is 2.75. The molecule has 1 amide bonds. The highest BCUT2D eigenvalue weighted by Gasteiger charge is 2.43. The van der Waals surface area contributed by atoms with Crippen molar-refractivity contribution >= 4 is 15.7 Å². The summed E-state index contributed by atoms with van der Waals surface area (Å²) in [6, 6.07) is 10.6. The Hall–Kier alpha value is -2.69. The molecule has 3 N–H and O–H groups in total. The predicted molar refractivity (Wildman–Crippen MR) is 123 cm³/mol.